The molecule has 208 valence electrons. The molecule has 4 aromatic carbocycles. The second kappa shape index (κ2) is 12.3. The summed E-state index contributed by atoms with van der Waals surface area (Å²) in [4.78, 5) is 15.8. The molecule has 5 rings (SSSR count). The molecule has 0 fully saturated rings. The average molecular weight is 556 g/mol. The standard InChI is InChI=1S/C34H28F3NO3/c1-2-32(39)41-27-16-14-24(15-17-27)22-40-28-11-6-10-25(19-28)20-30-26(18-23-8-4-3-5-9-23)21-38-33-29(30)12-7-13-31(33)34(35,36)37/h3-17,19,21H,2,18,20,22H2,1H3. The lowest BCUT2D eigenvalue weighted by Gasteiger charge is -2.17. The molecule has 0 saturated carbocycles. The minimum absolute atomic E-state index is 0.0488. The van der Waals surface area contributed by atoms with E-state index in [1.165, 1.54) is 6.07 Å². The van der Waals surface area contributed by atoms with Crippen LogP contribution in [0.4, 0.5) is 13.2 Å². The van der Waals surface area contributed by atoms with Crippen LogP contribution in [0.3, 0.4) is 0 Å². The predicted molar refractivity (Wildman–Crippen MR) is 152 cm³/mol. The molecule has 0 aliphatic carbocycles. The number of halogens is 3. The molecular weight excluding hydrogens is 527 g/mol. The number of hydrogen-bond acceptors (Lipinski definition) is 4. The van der Waals surface area contributed by atoms with Crippen LogP contribution in [0.2, 0.25) is 0 Å². The van der Waals surface area contributed by atoms with Crippen LogP contribution < -0.4 is 9.47 Å². The van der Waals surface area contributed by atoms with Crippen molar-refractivity contribution >= 4 is 16.9 Å². The molecule has 0 radical (unpaired) electrons. The molecule has 0 aliphatic rings. The number of fused-ring (bicyclic) bond motifs is 1. The molecule has 0 spiro atoms. The van der Waals surface area contributed by atoms with Crippen molar-refractivity contribution in [2.24, 2.45) is 0 Å². The minimum atomic E-state index is -4.51. The number of esters is 1. The number of ether oxygens (including phenoxy) is 2. The van der Waals surface area contributed by atoms with Crippen molar-refractivity contribution in [1.29, 1.82) is 0 Å². The van der Waals surface area contributed by atoms with Crippen molar-refractivity contribution in [1.82, 2.24) is 4.98 Å². The summed E-state index contributed by atoms with van der Waals surface area (Å²) in [5, 5.41) is 0.489. The fourth-order valence-electron chi connectivity index (χ4n) is 4.70. The first-order valence-electron chi connectivity index (χ1n) is 13.3. The van der Waals surface area contributed by atoms with Crippen molar-refractivity contribution in [2.75, 3.05) is 0 Å². The van der Waals surface area contributed by atoms with E-state index in [-0.39, 0.29) is 11.5 Å². The van der Waals surface area contributed by atoms with E-state index in [0.29, 0.717) is 42.8 Å². The zero-order valence-electron chi connectivity index (χ0n) is 22.4. The number of para-hydroxylation sites is 1. The molecule has 0 unspecified atom stereocenters. The Hall–Kier alpha value is -4.65. The highest BCUT2D eigenvalue weighted by Gasteiger charge is 2.33. The highest BCUT2D eigenvalue weighted by molar-refractivity contribution is 5.86. The Labute approximate surface area is 236 Å². The van der Waals surface area contributed by atoms with E-state index in [2.05, 4.69) is 4.98 Å². The zero-order valence-corrected chi connectivity index (χ0v) is 22.4. The lowest BCUT2D eigenvalue weighted by atomic mass is 9.92. The maximum Gasteiger partial charge on any atom is 0.418 e. The Morgan fingerprint density at radius 2 is 1.51 bits per heavy atom. The van der Waals surface area contributed by atoms with E-state index in [9.17, 15) is 18.0 Å². The topological polar surface area (TPSA) is 48.4 Å². The Kier molecular flexibility index (Phi) is 8.34. The van der Waals surface area contributed by atoms with Gasteiger partial charge in [0, 0.05) is 18.0 Å². The van der Waals surface area contributed by atoms with Crippen LogP contribution >= 0.6 is 0 Å². The summed E-state index contributed by atoms with van der Waals surface area (Å²) < 4.78 is 52.7. The van der Waals surface area contributed by atoms with E-state index in [0.717, 1.165) is 33.9 Å². The van der Waals surface area contributed by atoms with Gasteiger partial charge in [0.05, 0.1) is 11.1 Å². The van der Waals surface area contributed by atoms with Crippen LogP contribution in [0, 0.1) is 0 Å². The smallest absolute Gasteiger partial charge is 0.418 e. The highest BCUT2D eigenvalue weighted by Crippen LogP contribution is 2.36. The number of benzene rings is 4. The summed E-state index contributed by atoms with van der Waals surface area (Å²) in [5.41, 5.74) is 3.74. The minimum Gasteiger partial charge on any atom is -0.489 e. The lowest BCUT2D eigenvalue weighted by molar-refractivity contribution is -0.136. The lowest BCUT2D eigenvalue weighted by Crippen LogP contribution is -2.08. The van der Waals surface area contributed by atoms with E-state index in [1.807, 2.05) is 66.7 Å². The van der Waals surface area contributed by atoms with Crippen LogP contribution in [0.5, 0.6) is 11.5 Å². The summed E-state index contributed by atoms with van der Waals surface area (Å²) in [5.74, 6) is 0.824. The molecule has 0 bridgehead atoms. The molecule has 4 nitrogen and oxygen atoms in total. The van der Waals surface area contributed by atoms with Crippen molar-refractivity contribution in [2.45, 2.75) is 39.0 Å². The molecule has 0 amide bonds. The van der Waals surface area contributed by atoms with E-state index >= 15 is 0 Å². The number of carbonyl (C=O) groups excluding carboxylic acids is 1. The van der Waals surface area contributed by atoms with Gasteiger partial charge in [0.25, 0.3) is 0 Å². The van der Waals surface area contributed by atoms with Crippen LogP contribution in [0.25, 0.3) is 10.9 Å². The van der Waals surface area contributed by atoms with Gasteiger partial charge in [-0.3, -0.25) is 9.78 Å². The monoisotopic (exact) mass is 555 g/mol. The second-order valence-corrected chi connectivity index (χ2v) is 9.71. The molecule has 0 aliphatic heterocycles. The fraction of sp³-hybridized carbons (Fsp3) is 0.176. The third-order valence-electron chi connectivity index (χ3n) is 6.77. The number of alkyl halides is 3. The van der Waals surface area contributed by atoms with Gasteiger partial charge in [0.1, 0.15) is 18.1 Å². The van der Waals surface area contributed by atoms with Crippen LogP contribution in [-0.2, 0) is 30.4 Å². The van der Waals surface area contributed by atoms with Crippen molar-refractivity contribution in [3.05, 3.63) is 137 Å². The molecule has 0 N–H and O–H groups in total. The van der Waals surface area contributed by atoms with Gasteiger partial charge in [-0.1, -0.05) is 73.7 Å². The Morgan fingerprint density at radius 1 is 0.780 bits per heavy atom. The first-order chi connectivity index (χ1) is 19.8. The summed E-state index contributed by atoms with van der Waals surface area (Å²) in [6.07, 6.45) is -1.67. The van der Waals surface area contributed by atoms with Crippen LogP contribution in [0.1, 0.15) is 46.7 Å². The van der Waals surface area contributed by atoms with E-state index in [4.69, 9.17) is 9.47 Å². The Morgan fingerprint density at radius 3 is 2.24 bits per heavy atom. The quantitative estimate of drug-likeness (QED) is 0.136. The normalized spacial score (nSPS) is 11.4. The van der Waals surface area contributed by atoms with Crippen molar-refractivity contribution in [3.63, 3.8) is 0 Å². The second-order valence-electron chi connectivity index (χ2n) is 9.71. The fourth-order valence-corrected chi connectivity index (χ4v) is 4.70. The summed E-state index contributed by atoms with van der Waals surface area (Å²) in [6, 6.07) is 28.7. The maximum atomic E-state index is 13.8. The molecule has 0 saturated heterocycles. The first kappa shape index (κ1) is 27.9. The first-order valence-corrected chi connectivity index (χ1v) is 13.3. The summed E-state index contributed by atoms with van der Waals surface area (Å²) >= 11 is 0. The van der Waals surface area contributed by atoms with Crippen LogP contribution in [-0.4, -0.2) is 11.0 Å². The average Bonchev–Trinajstić information content (AvgIpc) is 2.98. The molecule has 5 aromatic rings. The number of aromatic nitrogens is 1. The SMILES string of the molecule is CCC(=O)Oc1ccc(COc2cccc(Cc3c(Cc4ccccc4)cnc4c(C(F)(F)F)cccc34)c2)cc1. The number of nitrogens with zero attached hydrogens (tertiary/aromatic N) is 1. The zero-order chi connectivity index (χ0) is 28.8. The largest absolute Gasteiger partial charge is 0.489 e. The van der Waals surface area contributed by atoms with Gasteiger partial charge < -0.3 is 9.47 Å². The predicted octanol–water partition coefficient (Wildman–Crippen LogP) is 8.33. The summed E-state index contributed by atoms with van der Waals surface area (Å²) in [6.45, 7) is 2.04. The summed E-state index contributed by atoms with van der Waals surface area (Å²) in [7, 11) is 0. The van der Waals surface area contributed by atoms with Crippen molar-refractivity contribution in [3.8, 4) is 11.5 Å². The number of carbonyl (C=O) groups is 1. The van der Waals surface area contributed by atoms with E-state index < -0.39 is 11.7 Å². The third kappa shape index (κ3) is 6.92. The van der Waals surface area contributed by atoms with Crippen LogP contribution in [0.15, 0.2) is 103 Å². The maximum absolute atomic E-state index is 13.8. The molecule has 41 heavy (non-hydrogen) atoms. The van der Waals surface area contributed by atoms with Crippen molar-refractivity contribution < 1.29 is 27.4 Å². The van der Waals surface area contributed by atoms with Gasteiger partial charge in [0.15, 0.2) is 0 Å². The molecule has 1 heterocycles. The van der Waals surface area contributed by atoms with Gasteiger partial charge in [-0.05, 0) is 71.0 Å². The third-order valence-corrected chi connectivity index (χ3v) is 6.77. The van der Waals surface area contributed by atoms with Gasteiger partial charge in [-0.25, -0.2) is 0 Å². The van der Waals surface area contributed by atoms with Gasteiger partial charge in [-0.2, -0.15) is 13.2 Å². The number of rotatable bonds is 9. The number of hydrogen-bond donors (Lipinski definition) is 0. The Bertz CT molecular complexity index is 1650. The highest BCUT2D eigenvalue weighted by atomic mass is 19.4. The Balaban J connectivity index is 1.41. The molecular formula is C34H28F3NO3. The molecule has 0 atom stereocenters. The van der Waals surface area contributed by atoms with Gasteiger partial charge in [0.2, 0.25) is 0 Å². The molecule has 1 aromatic heterocycles. The number of pyridine rings is 1. The molecule has 7 heteroatoms. The van der Waals surface area contributed by atoms with Gasteiger partial charge >= 0.3 is 12.1 Å². The van der Waals surface area contributed by atoms with Gasteiger partial charge in [-0.15, -0.1) is 0 Å². The van der Waals surface area contributed by atoms with E-state index in [1.54, 1.807) is 31.3 Å².